The Hall–Kier alpha value is -3.66. The number of rotatable bonds is 4. The van der Waals surface area contributed by atoms with Crippen molar-refractivity contribution in [1.29, 1.82) is 0 Å². The highest BCUT2D eigenvalue weighted by atomic mass is 32.1. The first-order chi connectivity index (χ1) is 16.3. The van der Waals surface area contributed by atoms with E-state index >= 15 is 0 Å². The van der Waals surface area contributed by atoms with Gasteiger partial charge in [-0.2, -0.15) is 0 Å². The average Bonchev–Trinajstić information content (AvgIpc) is 3.21. The molecule has 1 aliphatic rings. The third-order valence-electron chi connectivity index (χ3n) is 6.58. The van der Waals surface area contributed by atoms with Gasteiger partial charge in [-0.15, -0.1) is 21.5 Å². The molecule has 4 heterocycles. The molecule has 4 aromatic rings. The zero-order valence-electron chi connectivity index (χ0n) is 19.6. The van der Waals surface area contributed by atoms with Crippen LogP contribution in [0.3, 0.4) is 0 Å². The van der Waals surface area contributed by atoms with Gasteiger partial charge in [0.2, 0.25) is 0 Å². The summed E-state index contributed by atoms with van der Waals surface area (Å²) in [6.45, 7) is 7.64. The van der Waals surface area contributed by atoms with Crippen LogP contribution >= 0.6 is 11.3 Å². The summed E-state index contributed by atoms with van der Waals surface area (Å²) >= 11 is 1.26. The van der Waals surface area contributed by atoms with Gasteiger partial charge in [-0.3, -0.25) is 4.79 Å². The number of carbonyl (C=O) groups excluding carboxylic acids is 1. The van der Waals surface area contributed by atoms with Gasteiger partial charge in [-0.05, 0) is 50.1 Å². The van der Waals surface area contributed by atoms with Gasteiger partial charge < -0.3 is 25.8 Å². The van der Waals surface area contributed by atoms with E-state index in [0.29, 0.717) is 10.6 Å². The van der Waals surface area contributed by atoms with Crippen LogP contribution in [0.2, 0.25) is 0 Å². The standard InChI is InChI=1S/C24H28N8OS/c1-14-13-16(5-6-17(14)23-29-28-15(2)30(23)3)31-9-4-10-32(12-11-31)18-7-8-27-24-19(18)20(25)21(34-24)22(26)33/h5-8,13H,4,9-12,25H2,1-3H3,(H2,26,33). The van der Waals surface area contributed by atoms with Gasteiger partial charge in [-0.25, -0.2) is 4.98 Å². The Morgan fingerprint density at radius 3 is 2.53 bits per heavy atom. The van der Waals surface area contributed by atoms with E-state index in [0.717, 1.165) is 65.7 Å². The van der Waals surface area contributed by atoms with Crippen LogP contribution < -0.4 is 21.3 Å². The number of aromatic nitrogens is 4. The Morgan fingerprint density at radius 1 is 1.06 bits per heavy atom. The quantitative estimate of drug-likeness (QED) is 0.464. The number of fused-ring (bicyclic) bond motifs is 1. The number of aryl methyl sites for hydroxylation is 2. The molecule has 4 N–H and O–H groups in total. The lowest BCUT2D eigenvalue weighted by atomic mass is 10.1. The maximum atomic E-state index is 11.8. The summed E-state index contributed by atoms with van der Waals surface area (Å²) < 4.78 is 2.01. The van der Waals surface area contributed by atoms with Crippen molar-refractivity contribution in [1.82, 2.24) is 19.7 Å². The topological polar surface area (TPSA) is 119 Å². The Bertz CT molecular complexity index is 1390. The number of nitrogen functional groups attached to an aromatic ring is 1. The minimum Gasteiger partial charge on any atom is -0.397 e. The van der Waals surface area contributed by atoms with Crippen LogP contribution in [0.15, 0.2) is 30.5 Å². The molecule has 3 aromatic heterocycles. The molecule has 9 nitrogen and oxygen atoms in total. The van der Waals surface area contributed by atoms with Gasteiger partial charge in [0.15, 0.2) is 5.82 Å². The Kier molecular flexibility index (Phi) is 5.60. The van der Waals surface area contributed by atoms with Crippen molar-refractivity contribution in [2.45, 2.75) is 20.3 Å². The number of nitrogens with two attached hydrogens (primary N) is 2. The molecule has 176 valence electrons. The lowest BCUT2D eigenvalue weighted by Crippen LogP contribution is -2.30. The molecule has 0 bridgehead atoms. The second kappa shape index (κ2) is 8.60. The largest absolute Gasteiger partial charge is 0.397 e. The molecule has 1 aromatic carbocycles. The fourth-order valence-corrected chi connectivity index (χ4v) is 5.57. The van der Waals surface area contributed by atoms with Crippen molar-refractivity contribution in [3.8, 4) is 11.4 Å². The molecule has 0 atom stereocenters. The predicted octanol–water partition coefficient (Wildman–Crippen LogP) is 3.11. The number of nitrogens with zero attached hydrogens (tertiary/aromatic N) is 6. The molecule has 1 fully saturated rings. The Balaban J connectivity index is 1.39. The second-order valence-corrected chi connectivity index (χ2v) is 9.68. The summed E-state index contributed by atoms with van der Waals surface area (Å²) in [5.41, 5.74) is 16.8. The number of carbonyl (C=O) groups is 1. The van der Waals surface area contributed by atoms with Crippen molar-refractivity contribution in [2.24, 2.45) is 12.8 Å². The fraction of sp³-hybridized carbons (Fsp3) is 0.333. The van der Waals surface area contributed by atoms with E-state index in [1.165, 1.54) is 22.6 Å². The average molecular weight is 477 g/mol. The SMILES string of the molecule is Cc1cc(N2CCCN(c3ccnc4sc(C(N)=O)c(N)c34)CC2)ccc1-c1nnc(C)n1C. The highest BCUT2D eigenvalue weighted by Gasteiger charge is 2.23. The Morgan fingerprint density at radius 2 is 1.82 bits per heavy atom. The van der Waals surface area contributed by atoms with Crippen LogP contribution in [0.4, 0.5) is 17.1 Å². The van der Waals surface area contributed by atoms with Crippen molar-refractivity contribution in [2.75, 3.05) is 41.7 Å². The maximum Gasteiger partial charge on any atom is 0.260 e. The van der Waals surface area contributed by atoms with Gasteiger partial charge in [-0.1, -0.05) is 0 Å². The first-order valence-corrected chi connectivity index (χ1v) is 12.1. The summed E-state index contributed by atoms with van der Waals surface area (Å²) in [5.74, 6) is 1.27. The number of primary amides is 1. The van der Waals surface area contributed by atoms with E-state index in [-0.39, 0.29) is 0 Å². The van der Waals surface area contributed by atoms with Gasteiger partial charge in [0.25, 0.3) is 5.91 Å². The van der Waals surface area contributed by atoms with Gasteiger partial charge in [0.1, 0.15) is 15.5 Å². The summed E-state index contributed by atoms with van der Waals surface area (Å²) in [6.07, 6.45) is 2.77. The van der Waals surface area contributed by atoms with Gasteiger partial charge >= 0.3 is 0 Å². The normalized spacial score (nSPS) is 14.6. The molecule has 0 unspecified atom stereocenters. The number of amides is 1. The van der Waals surface area contributed by atoms with E-state index in [1.807, 2.05) is 24.6 Å². The molecule has 34 heavy (non-hydrogen) atoms. The minimum absolute atomic E-state index is 0.375. The van der Waals surface area contributed by atoms with E-state index in [9.17, 15) is 4.79 Å². The summed E-state index contributed by atoms with van der Waals surface area (Å²) in [7, 11) is 1.99. The molecule has 1 amide bonds. The number of hydrogen-bond acceptors (Lipinski definition) is 8. The lowest BCUT2D eigenvalue weighted by Gasteiger charge is -2.26. The zero-order valence-corrected chi connectivity index (χ0v) is 20.4. The van der Waals surface area contributed by atoms with E-state index in [1.54, 1.807) is 6.20 Å². The molecule has 10 heteroatoms. The van der Waals surface area contributed by atoms with Crippen LogP contribution in [0, 0.1) is 13.8 Å². The summed E-state index contributed by atoms with van der Waals surface area (Å²) in [6, 6.07) is 8.52. The smallest absolute Gasteiger partial charge is 0.260 e. The number of hydrogen-bond donors (Lipinski definition) is 2. The molecular formula is C24H28N8OS. The van der Waals surface area contributed by atoms with E-state index in [2.05, 4.69) is 50.1 Å². The van der Waals surface area contributed by atoms with Crippen LogP contribution in [0.5, 0.6) is 0 Å². The van der Waals surface area contributed by atoms with Gasteiger partial charge in [0, 0.05) is 50.7 Å². The Labute approximate surface area is 202 Å². The number of anilines is 3. The molecule has 1 saturated heterocycles. The molecule has 5 rings (SSSR count). The lowest BCUT2D eigenvalue weighted by molar-refractivity contribution is 0.100. The van der Waals surface area contributed by atoms with Crippen LogP contribution in [0.1, 0.15) is 27.5 Å². The van der Waals surface area contributed by atoms with Gasteiger partial charge in [0.05, 0.1) is 16.8 Å². The summed E-state index contributed by atoms with van der Waals surface area (Å²) in [4.78, 5) is 22.1. The van der Waals surface area contributed by atoms with E-state index in [4.69, 9.17) is 11.5 Å². The van der Waals surface area contributed by atoms with Crippen molar-refractivity contribution >= 4 is 44.5 Å². The highest BCUT2D eigenvalue weighted by molar-refractivity contribution is 7.21. The summed E-state index contributed by atoms with van der Waals surface area (Å²) in [5, 5.41) is 9.36. The molecule has 0 radical (unpaired) electrons. The van der Waals surface area contributed by atoms with Crippen molar-refractivity contribution in [3.05, 3.63) is 46.7 Å². The van der Waals surface area contributed by atoms with Crippen LogP contribution in [-0.4, -0.2) is 51.8 Å². The molecule has 0 saturated carbocycles. The second-order valence-electron chi connectivity index (χ2n) is 8.68. The predicted molar refractivity (Wildman–Crippen MR) is 138 cm³/mol. The monoisotopic (exact) mass is 476 g/mol. The zero-order chi connectivity index (χ0) is 24.0. The minimum atomic E-state index is -0.510. The maximum absolute atomic E-state index is 11.8. The molecule has 1 aliphatic heterocycles. The third-order valence-corrected chi connectivity index (χ3v) is 7.70. The van der Waals surface area contributed by atoms with Crippen LogP contribution in [0.25, 0.3) is 21.6 Å². The van der Waals surface area contributed by atoms with Crippen molar-refractivity contribution in [3.63, 3.8) is 0 Å². The van der Waals surface area contributed by atoms with Crippen molar-refractivity contribution < 1.29 is 4.79 Å². The molecular weight excluding hydrogens is 448 g/mol. The number of benzene rings is 1. The molecule has 0 aliphatic carbocycles. The first-order valence-electron chi connectivity index (χ1n) is 11.3. The number of pyridine rings is 1. The van der Waals surface area contributed by atoms with Crippen LogP contribution in [-0.2, 0) is 7.05 Å². The van der Waals surface area contributed by atoms with E-state index < -0.39 is 5.91 Å². The molecule has 0 spiro atoms. The highest BCUT2D eigenvalue weighted by Crippen LogP contribution is 2.39. The number of thiophene rings is 1. The first kappa shape index (κ1) is 22.1. The fourth-order valence-electron chi connectivity index (χ4n) is 4.63. The third kappa shape index (κ3) is 3.73.